The van der Waals surface area contributed by atoms with Crippen molar-refractivity contribution in [3.8, 4) is 0 Å². The van der Waals surface area contributed by atoms with Crippen LogP contribution >= 0.6 is 0 Å². The van der Waals surface area contributed by atoms with Gasteiger partial charge in [0.2, 0.25) is 11.9 Å². The molecule has 0 radical (unpaired) electrons. The van der Waals surface area contributed by atoms with Crippen molar-refractivity contribution in [2.24, 2.45) is 0 Å². The summed E-state index contributed by atoms with van der Waals surface area (Å²) in [7, 11) is 0. The molecular weight excluding hydrogens is 324 g/mol. The fourth-order valence-corrected chi connectivity index (χ4v) is 3.24. The highest BCUT2D eigenvalue weighted by molar-refractivity contribution is 5.96. The van der Waals surface area contributed by atoms with Crippen LogP contribution in [0.3, 0.4) is 0 Å². The first-order valence-corrected chi connectivity index (χ1v) is 8.78. The Bertz CT molecular complexity index is 926. The molecule has 1 aromatic heterocycles. The van der Waals surface area contributed by atoms with E-state index in [9.17, 15) is 4.79 Å². The fourth-order valence-electron chi connectivity index (χ4n) is 3.24. The molecule has 0 atom stereocenters. The van der Waals surface area contributed by atoms with Crippen molar-refractivity contribution in [3.05, 3.63) is 72.6 Å². The van der Waals surface area contributed by atoms with Gasteiger partial charge in [0, 0.05) is 44.6 Å². The predicted molar refractivity (Wildman–Crippen MR) is 104 cm³/mol. The first-order chi connectivity index (χ1) is 12.8. The van der Waals surface area contributed by atoms with E-state index in [1.807, 2.05) is 35.2 Å². The van der Waals surface area contributed by atoms with Gasteiger partial charge in [0.15, 0.2) is 0 Å². The second-order valence-electron chi connectivity index (χ2n) is 6.26. The molecule has 2 heterocycles. The third-order valence-electron chi connectivity index (χ3n) is 4.66. The molecule has 26 heavy (non-hydrogen) atoms. The molecule has 130 valence electrons. The van der Waals surface area contributed by atoms with Crippen LogP contribution in [0.25, 0.3) is 16.8 Å². The number of piperazine rings is 1. The lowest BCUT2D eigenvalue weighted by Crippen LogP contribution is -2.48. The Morgan fingerprint density at radius 3 is 2.42 bits per heavy atom. The molecule has 0 saturated carbocycles. The summed E-state index contributed by atoms with van der Waals surface area (Å²) in [5, 5.41) is 2.34. The molecule has 4 rings (SSSR count). The van der Waals surface area contributed by atoms with Gasteiger partial charge in [0.25, 0.3) is 0 Å². The lowest BCUT2D eigenvalue weighted by atomic mass is 10.0. The van der Waals surface area contributed by atoms with Crippen molar-refractivity contribution in [3.63, 3.8) is 0 Å². The van der Waals surface area contributed by atoms with Crippen LogP contribution in [-0.4, -0.2) is 47.0 Å². The van der Waals surface area contributed by atoms with Crippen LogP contribution in [-0.2, 0) is 4.79 Å². The van der Waals surface area contributed by atoms with Gasteiger partial charge < -0.3 is 9.80 Å². The van der Waals surface area contributed by atoms with Crippen LogP contribution in [0, 0.1) is 0 Å². The van der Waals surface area contributed by atoms with Gasteiger partial charge in [0.05, 0.1) is 0 Å². The van der Waals surface area contributed by atoms with Crippen LogP contribution in [0.4, 0.5) is 5.95 Å². The lowest BCUT2D eigenvalue weighted by Gasteiger charge is -2.34. The number of aromatic nitrogens is 2. The Labute approximate surface area is 152 Å². The summed E-state index contributed by atoms with van der Waals surface area (Å²) in [6.07, 6.45) is 7.08. The lowest BCUT2D eigenvalue weighted by molar-refractivity contribution is -0.126. The molecule has 5 heteroatoms. The molecule has 5 nitrogen and oxygen atoms in total. The molecular formula is C21H20N4O. The second kappa shape index (κ2) is 7.35. The monoisotopic (exact) mass is 344 g/mol. The van der Waals surface area contributed by atoms with Crippen LogP contribution in [0.1, 0.15) is 5.56 Å². The maximum atomic E-state index is 12.5. The number of hydrogen-bond acceptors (Lipinski definition) is 4. The van der Waals surface area contributed by atoms with E-state index < -0.39 is 0 Å². The maximum Gasteiger partial charge on any atom is 0.246 e. The van der Waals surface area contributed by atoms with Gasteiger partial charge in [-0.2, -0.15) is 0 Å². The standard InChI is InChI=1S/C21H20N4O/c26-20(10-9-18-7-3-6-17-5-1-2-8-19(17)18)24-13-15-25(16-14-24)21-22-11-4-12-23-21/h1-12H,13-16H2/b10-9+. The molecule has 1 fully saturated rings. The smallest absolute Gasteiger partial charge is 0.246 e. The first-order valence-electron chi connectivity index (χ1n) is 8.78. The van der Waals surface area contributed by atoms with Crippen LogP contribution in [0.15, 0.2) is 67.0 Å². The number of benzene rings is 2. The Morgan fingerprint density at radius 1 is 0.885 bits per heavy atom. The molecule has 1 aliphatic heterocycles. The Morgan fingerprint density at radius 2 is 1.62 bits per heavy atom. The van der Waals surface area contributed by atoms with E-state index in [2.05, 4.69) is 33.1 Å². The van der Waals surface area contributed by atoms with Crippen molar-refractivity contribution in [2.45, 2.75) is 0 Å². The van der Waals surface area contributed by atoms with Crippen molar-refractivity contribution in [1.29, 1.82) is 0 Å². The summed E-state index contributed by atoms with van der Waals surface area (Å²) in [4.78, 5) is 25.1. The molecule has 0 unspecified atom stereocenters. The van der Waals surface area contributed by atoms with Crippen molar-refractivity contribution >= 4 is 28.7 Å². The van der Waals surface area contributed by atoms with Gasteiger partial charge in [-0.05, 0) is 28.5 Å². The zero-order valence-corrected chi connectivity index (χ0v) is 14.5. The van der Waals surface area contributed by atoms with Gasteiger partial charge in [-0.25, -0.2) is 9.97 Å². The van der Waals surface area contributed by atoms with Crippen molar-refractivity contribution in [1.82, 2.24) is 14.9 Å². The van der Waals surface area contributed by atoms with E-state index in [1.54, 1.807) is 24.5 Å². The van der Waals surface area contributed by atoms with Crippen molar-refractivity contribution in [2.75, 3.05) is 31.1 Å². The number of rotatable bonds is 3. The number of carbonyl (C=O) groups excluding carboxylic acids is 1. The average molecular weight is 344 g/mol. The van der Waals surface area contributed by atoms with Crippen molar-refractivity contribution < 1.29 is 4.79 Å². The topological polar surface area (TPSA) is 49.3 Å². The third-order valence-corrected chi connectivity index (χ3v) is 4.66. The first kappa shape index (κ1) is 16.3. The Kier molecular flexibility index (Phi) is 4.60. The summed E-state index contributed by atoms with van der Waals surface area (Å²) in [6.45, 7) is 2.85. The van der Waals surface area contributed by atoms with Crippen LogP contribution in [0.2, 0.25) is 0 Å². The molecule has 1 saturated heterocycles. The van der Waals surface area contributed by atoms with Gasteiger partial charge in [-0.3, -0.25) is 4.79 Å². The molecule has 0 N–H and O–H groups in total. The van der Waals surface area contributed by atoms with E-state index in [0.29, 0.717) is 13.1 Å². The number of amides is 1. The zero-order valence-electron chi connectivity index (χ0n) is 14.5. The van der Waals surface area contributed by atoms with Gasteiger partial charge in [-0.15, -0.1) is 0 Å². The number of fused-ring (bicyclic) bond motifs is 1. The highest BCUT2D eigenvalue weighted by Gasteiger charge is 2.20. The molecule has 0 aliphatic carbocycles. The van der Waals surface area contributed by atoms with Gasteiger partial charge >= 0.3 is 0 Å². The minimum atomic E-state index is 0.0477. The van der Waals surface area contributed by atoms with E-state index >= 15 is 0 Å². The number of nitrogens with zero attached hydrogens (tertiary/aromatic N) is 4. The summed E-state index contributed by atoms with van der Waals surface area (Å²) in [5.74, 6) is 0.775. The minimum absolute atomic E-state index is 0.0477. The second-order valence-corrected chi connectivity index (χ2v) is 6.26. The quantitative estimate of drug-likeness (QED) is 0.686. The summed E-state index contributed by atoms with van der Waals surface area (Å²) in [5.41, 5.74) is 1.06. The number of anilines is 1. The summed E-state index contributed by atoms with van der Waals surface area (Å²) >= 11 is 0. The normalized spacial score (nSPS) is 14.9. The number of carbonyl (C=O) groups is 1. The number of hydrogen-bond donors (Lipinski definition) is 0. The maximum absolute atomic E-state index is 12.5. The van der Waals surface area contributed by atoms with Gasteiger partial charge in [0.1, 0.15) is 0 Å². The summed E-state index contributed by atoms with van der Waals surface area (Å²) < 4.78 is 0. The third kappa shape index (κ3) is 3.42. The van der Waals surface area contributed by atoms with Crippen LogP contribution < -0.4 is 4.90 Å². The van der Waals surface area contributed by atoms with E-state index in [1.165, 1.54) is 5.39 Å². The molecule has 0 bridgehead atoms. The summed E-state index contributed by atoms with van der Waals surface area (Å²) in [6, 6.07) is 16.2. The fraction of sp³-hybridized carbons (Fsp3) is 0.190. The zero-order chi connectivity index (χ0) is 17.8. The highest BCUT2D eigenvalue weighted by atomic mass is 16.2. The molecule has 0 spiro atoms. The average Bonchev–Trinajstić information content (AvgIpc) is 2.73. The SMILES string of the molecule is O=C(/C=C/c1cccc2ccccc12)N1CCN(c2ncccn2)CC1. The molecule has 2 aromatic carbocycles. The molecule has 1 amide bonds. The van der Waals surface area contributed by atoms with E-state index in [0.717, 1.165) is 30.0 Å². The van der Waals surface area contributed by atoms with E-state index in [4.69, 9.17) is 0 Å². The molecule has 3 aromatic rings. The minimum Gasteiger partial charge on any atom is -0.337 e. The van der Waals surface area contributed by atoms with E-state index in [-0.39, 0.29) is 5.91 Å². The largest absolute Gasteiger partial charge is 0.337 e. The highest BCUT2D eigenvalue weighted by Crippen LogP contribution is 2.19. The van der Waals surface area contributed by atoms with Gasteiger partial charge in [-0.1, -0.05) is 42.5 Å². The predicted octanol–water partition coefficient (Wildman–Crippen LogP) is 2.99. The molecule has 1 aliphatic rings. The van der Waals surface area contributed by atoms with Crippen LogP contribution in [0.5, 0.6) is 0 Å². The Hall–Kier alpha value is -3.21. The Balaban J connectivity index is 1.42.